The molecule has 1 aromatic carbocycles. The standard InChI is InChI=1S/C17H25NO2/c1-12-8-15(13(2)7-14(12)9-19)18-10-16(3,4)20-17(5,6)11-18/h7-9H,10-11H2,1-6H3. The topological polar surface area (TPSA) is 29.5 Å². The average molecular weight is 275 g/mol. The monoisotopic (exact) mass is 275 g/mol. The molecule has 0 N–H and O–H groups in total. The van der Waals surface area contributed by atoms with Gasteiger partial charge in [-0.2, -0.15) is 0 Å². The minimum absolute atomic E-state index is 0.175. The van der Waals surface area contributed by atoms with Gasteiger partial charge in [-0.05, 0) is 64.8 Å². The van der Waals surface area contributed by atoms with Gasteiger partial charge in [-0.25, -0.2) is 0 Å². The first-order valence-electron chi connectivity index (χ1n) is 7.15. The highest BCUT2D eigenvalue weighted by atomic mass is 16.5. The lowest BCUT2D eigenvalue weighted by molar-refractivity contribution is -0.133. The van der Waals surface area contributed by atoms with Gasteiger partial charge in [-0.3, -0.25) is 4.79 Å². The molecule has 1 heterocycles. The summed E-state index contributed by atoms with van der Waals surface area (Å²) in [5.41, 5.74) is 3.81. The maximum Gasteiger partial charge on any atom is 0.150 e. The maximum absolute atomic E-state index is 11.0. The fourth-order valence-corrected chi connectivity index (χ4v) is 3.25. The normalized spacial score (nSPS) is 20.8. The molecule has 1 aliphatic heterocycles. The summed E-state index contributed by atoms with van der Waals surface area (Å²) in [7, 11) is 0. The lowest BCUT2D eigenvalue weighted by Gasteiger charge is -2.48. The molecule has 0 aliphatic carbocycles. The maximum atomic E-state index is 11.0. The number of morpholine rings is 1. The Bertz CT molecular complexity index is 516. The van der Waals surface area contributed by atoms with Gasteiger partial charge in [-0.1, -0.05) is 0 Å². The van der Waals surface area contributed by atoms with E-state index in [1.165, 1.54) is 5.69 Å². The van der Waals surface area contributed by atoms with Crippen molar-refractivity contribution in [3.63, 3.8) is 0 Å². The van der Waals surface area contributed by atoms with Crippen LogP contribution in [-0.4, -0.2) is 30.6 Å². The Kier molecular flexibility index (Phi) is 3.67. The van der Waals surface area contributed by atoms with Crippen molar-refractivity contribution in [3.8, 4) is 0 Å². The Morgan fingerprint density at radius 3 is 2.10 bits per heavy atom. The number of hydrogen-bond acceptors (Lipinski definition) is 3. The summed E-state index contributed by atoms with van der Waals surface area (Å²) in [4.78, 5) is 13.4. The van der Waals surface area contributed by atoms with E-state index in [4.69, 9.17) is 4.74 Å². The number of aldehydes is 1. The van der Waals surface area contributed by atoms with Crippen LogP contribution >= 0.6 is 0 Å². The van der Waals surface area contributed by atoms with Gasteiger partial charge in [-0.15, -0.1) is 0 Å². The van der Waals surface area contributed by atoms with Crippen LogP contribution in [0.15, 0.2) is 12.1 Å². The molecule has 3 nitrogen and oxygen atoms in total. The molecular formula is C17H25NO2. The second-order valence-corrected chi connectivity index (χ2v) is 7.09. The molecule has 110 valence electrons. The summed E-state index contributed by atoms with van der Waals surface area (Å²) in [6.45, 7) is 14.3. The van der Waals surface area contributed by atoms with E-state index in [0.29, 0.717) is 0 Å². The predicted octanol–water partition coefficient (Wildman–Crippen LogP) is 3.51. The SMILES string of the molecule is Cc1cc(N2CC(C)(C)OC(C)(C)C2)c(C)cc1C=O. The quantitative estimate of drug-likeness (QED) is 0.774. The average Bonchev–Trinajstić information content (AvgIpc) is 2.27. The van der Waals surface area contributed by atoms with E-state index in [0.717, 1.165) is 36.1 Å². The molecule has 0 aromatic heterocycles. The van der Waals surface area contributed by atoms with Gasteiger partial charge in [0, 0.05) is 24.3 Å². The van der Waals surface area contributed by atoms with Gasteiger partial charge in [0.2, 0.25) is 0 Å². The molecule has 0 atom stereocenters. The summed E-state index contributed by atoms with van der Waals surface area (Å²) < 4.78 is 6.13. The number of rotatable bonds is 2. The van der Waals surface area contributed by atoms with Crippen LogP contribution in [0.1, 0.15) is 49.2 Å². The highest BCUT2D eigenvalue weighted by molar-refractivity contribution is 5.79. The first-order chi connectivity index (χ1) is 9.13. The van der Waals surface area contributed by atoms with E-state index < -0.39 is 0 Å². The number of anilines is 1. The van der Waals surface area contributed by atoms with Crippen LogP contribution in [-0.2, 0) is 4.74 Å². The highest BCUT2D eigenvalue weighted by Gasteiger charge is 2.38. The third-order valence-electron chi connectivity index (χ3n) is 3.75. The molecule has 3 heteroatoms. The fourth-order valence-electron chi connectivity index (χ4n) is 3.25. The summed E-state index contributed by atoms with van der Waals surface area (Å²) in [5.74, 6) is 0. The number of carbonyl (C=O) groups excluding carboxylic acids is 1. The van der Waals surface area contributed by atoms with Crippen molar-refractivity contribution in [1.82, 2.24) is 0 Å². The number of nitrogens with zero attached hydrogens (tertiary/aromatic N) is 1. The van der Waals surface area contributed by atoms with E-state index in [9.17, 15) is 4.79 Å². The van der Waals surface area contributed by atoms with Gasteiger partial charge >= 0.3 is 0 Å². The number of aryl methyl sites for hydroxylation is 2. The zero-order chi connectivity index (χ0) is 15.1. The Balaban J connectivity index is 2.41. The largest absolute Gasteiger partial charge is 0.366 e. The van der Waals surface area contributed by atoms with Crippen LogP contribution in [0.3, 0.4) is 0 Å². The Morgan fingerprint density at radius 1 is 1.05 bits per heavy atom. The molecule has 0 bridgehead atoms. The molecule has 0 radical (unpaired) electrons. The smallest absolute Gasteiger partial charge is 0.150 e. The van der Waals surface area contributed by atoms with Crippen molar-refractivity contribution < 1.29 is 9.53 Å². The van der Waals surface area contributed by atoms with E-state index >= 15 is 0 Å². The number of benzene rings is 1. The molecule has 1 aromatic rings. The van der Waals surface area contributed by atoms with Crippen molar-refractivity contribution in [2.24, 2.45) is 0 Å². The second kappa shape index (κ2) is 4.88. The first-order valence-corrected chi connectivity index (χ1v) is 7.15. The summed E-state index contributed by atoms with van der Waals surface area (Å²) in [6, 6.07) is 4.10. The molecule has 0 amide bonds. The lowest BCUT2D eigenvalue weighted by Crippen LogP contribution is -2.57. The van der Waals surface area contributed by atoms with Crippen LogP contribution in [0.25, 0.3) is 0 Å². The molecule has 1 saturated heterocycles. The Hall–Kier alpha value is -1.35. The molecule has 0 saturated carbocycles. The molecule has 1 fully saturated rings. The number of ether oxygens (including phenoxy) is 1. The van der Waals surface area contributed by atoms with Crippen molar-refractivity contribution in [2.75, 3.05) is 18.0 Å². The van der Waals surface area contributed by atoms with E-state index in [1.807, 2.05) is 13.0 Å². The third-order valence-corrected chi connectivity index (χ3v) is 3.75. The molecule has 1 aliphatic rings. The molecular weight excluding hydrogens is 250 g/mol. The summed E-state index contributed by atoms with van der Waals surface area (Å²) in [5, 5.41) is 0. The van der Waals surface area contributed by atoms with Crippen molar-refractivity contribution >= 4 is 12.0 Å². The van der Waals surface area contributed by atoms with Gasteiger partial charge < -0.3 is 9.64 Å². The van der Waals surface area contributed by atoms with Crippen molar-refractivity contribution in [1.29, 1.82) is 0 Å². The van der Waals surface area contributed by atoms with E-state index in [-0.39, 0.29) is 11.2 Å². The highest BCUT2D eigenvalue weighted by Crippen LogP contribution is 2.33. The minimum Gasteiger partial charge on any atom is -0.366 e. The Morgan fingerprint density at radius 2 is 1.60 bits per heavy atom. The Labute approximate surface area is 121 Å². The third kappa shape index (κ3) is 3.04. The van der Waals surface area contributed by atoms with Crippen LogP contribution < -0.4 is 4.90 Å². The minimum atomic E-state index is -0.175. The summed E-state index contributed by atoms with van der Waals surface area (Å²) >= 11 is 0. The van der Waals surface area contributed by atoms with E-state index in [2.05, 4.69) is 45.6 Å². The van der Waals surface area contributed by atoms with Crippen molar-refractivity contribution in [3.05, 3.63) is 28.8 Å². The predicted molar refractivity (Wildman–Crippen MR) is 82.8 cm³/mol. The summed E-state index contributed by atoms with van der Waals surface area (Å²) in [6.07, 6.45) is 0.930. The van der Waals surface area contributed by atoms with E-state index in [1.54, 1.807) is 0 Å². The lowest BCUT2D eigenvalue weighted by atomic mass is 9.96. The fraction of sp³-hybridized carbons (Fsp3) is 0.588. The molecule has 0 unspecified atom stereocenters. The second-order valence-electron chi connectivity index (χ2n) is 7.09. The van der Waals surface area contributed by atoms with Crippen LogP contribution in [0.5, 0.6) is 0 Å². The molecule has 2 rings (SSSR count). The van der Waals surface area contributed by atoms with Gasteiger partial charge in [0.1, 0.15) is 6.29 Å². The first kappa shape index (κ1) is 15.0. The van der Waals surface area contributed by atoms with Crippen LogP contribution in [0, 0.1) is 13.8 Å². The van der Waals surface area contributed by atoms with Crippen LogP contribution in [0.2, 0.25) is 0 Å². The van der Waals surface area contributed by atoms with Crippen molar-refractivity contribution in [2.45, 2.75) is 52.7 Å². The zero-order valence-electron chi connectivity index (χ0n) is 13.4. The molecule has 0 spiro atoms. The number of carbonyl (C=O) groups is 1. The van der Waals surface area contributed by atoms with Gasteiger partial charge in [0.25, 0.3) is 0 Å². The van der Waals surface area contributed by atoms with Crippen LogP contribution in [0.4, 0.5) is 5.69 Å². The van der Waals surface area contributed by atoms with Gasteiger partial charge in [0.05, 0.1) is 11.2 Å². The zero-order valence-corrected chi connectivity index (χ0v) is 13.4. The number of hydrogen-bond donors (Lipinski definition) is 0. The molecule has 20 heavy (non-hydrogen) atoms. The van der Waals surface area contributed by atoms with Gasteiger partial charge in [0.15, 0.2) is 0 Å².